The molecule has 1 aliphatic heterocycles. The molecule has 1 atom stereocenters. The van der Waals surface area contributed by atoms with Crippen LogP contribution in [0.3, 0.4) is 0 Å². The molecule has 3 aromatic rings. The molecule has 0 N–H and O–H groups in total. The molecule has 10 heteroatoms. The molecule has 0 bridgehead atoms. The maximum Gasteiger partial charge on any atom is 0.338 e. The van der Waals surface area contributed by atoms with Gasteiger partial charge >= 0.3 is 11.9 Å². The number of esters is 2. The highest BCUT2D eigenvalue weighted by atomic mass is 35.5. The second-order valence-corrected chi connectivity index (χ2v) is 9.08. The number of rotatable bonds is 5. The number of allylic oxidation sites excluding steroid dienone is 1. The summed E-state index contributed by atoms with van der Waals surface area (Å²) >= 11 is 7.30. The minimum atomic E-state index is -0.833. The van der Waals surface area contributed by atoms with Crippen molar-refractivity contribution in [2.24, 2.45) is 4.99 Å². The van der Waals surface area contributed by atoms with Gasteiger partial charge in [-0.05, 0) is 48.4 Å². The van der Waals surface area contributed by atoms with E-state index in [2.05, 4.69) is 4.99 Å². The van der Waals surface area contributed by atoms with E-state index in [4.69, 9.17) is 25.8 Å². The summed E-state index contributed by atoms with van der Waals surface area (Å²) in [6.45, 7) is 2.98. The van der Waals surface area contributed by atoms with E-state index < -0.39 is 18.0 Å². The van der Waals surface area contributed by atoms with E-state index >= 15 is 0 Å². The number of fused-ring (bicyclic) bond motifs is 1. The Bertz CT molecular complexity index is 1550. The van der Waals surface area contributed by atoms with Gasteiger partial charge < -0.3 is 14.2 Å². The zero-order chi connectivity index (χ0) is 25.3. The lowest BCUT2D eigenvalue weighted by Gasteiger charge is -2.25. The standard InChI is InChI=1S/C25H21ClN2O6S/c1-13-21(24(31)33-4)22(16-8-9-18(34-14(2)29)19(12-16)32-3)28-23(30)20(35-25(28)27-13)11-15-6-5-7-17(26)10-15/h5-12,22H,1-4H3/b20-11-. The molecule has 0 saturated heterocycles. The summed E-state index contributed by atoms with van der Waals surface area (Å²) in [5, 5.41) is 0.549. The van der Waals surface area contributed by atoms with Crippen molar-refractivity contribution in [1.82, 2.24) is 4.57 Å². The van der Waals surface area contributed by atoms with E-state index in [1.165, 1.54) is 37.0 Å². The summed E-state index contributed by atoms with van der Waals surface area (Å²) in [6, 6.07) is 11.2. The van der Waals surface area contributed by atoms with E-state index in [0.717, 1.165) is 5.56 Å². The van der Waals surface area contributed by atoms with Gasteiger partial charge in [-0.1, -0.05) is 41.1 Å². The Labute approximate surface area is 209 Å². The Morgan fingerprint density at radius 1 is 1.14 bits per heavy atom. The molecule has 2 heterocycles. The predicted octanol–water partition coefficient (Wildman–Crippen LogP) is 3.00. The number of benzene rings is 2. The van der Waals surface area contributed by atoms with Crippen LogP contribution in [0.1, 0.15) is 31.0 Å². The third-order valence-corrected chi connectivity index (χ3v) is 6.55. The highest BCUT2D eigenvalue weighted by molar-refractivity contribution is 7.07. The zero-order valence-corrected chi connectivity index (χ0v) is 20.9. The third-order valence-electron chi connectivity index (χ3n) is 5.33. The molecular weight excluding hydrogens is 492 g/mol. The average molecular weight is 513 g/mol. The maximum absolute atomic E-state index is 13.6. The van der Waals surface area contributed by atoms with Crippen molar-refractivity contribution in [3.63, 3.8) is 0 Å². The van der Waals surface area contributed by atoms with Gasteiger partial charge in [0, 0.05) is 11.9 Å². The number of thiazole rings is 1. The Hall–Kier alpha value is -3.69. The molecule has 35 heavy (non-hydrogen) atoms. The van der Waals surface area contributed by atoms with Crippen molar-refractivity contribution in [1.29, 1.82) is 0 Å². The van der Waals surface area contributed by atoms with Gasteiger partial charge in [0.1, 0.15) is 0 Å². The molecule has 2 aromatic carbocycles. The molecule has 0 saturated carbocycles. The highest BCUT2D eigenvalue weighted by Crippen LogP contribution is 2.36. The second-order valence-electron chi connectivity index (χ2n) is 7.63. The average Bonchev–Trinajstić information content (AvgIpc) is 3.12. The topological polar surface area (TPSA) is 96.2 Å². The van der Waals surface area contributed by atoms with E-state index in [9.17, 15) is 14.4 Å². The van der Waals surface area contributed by atoms with Crippen LogP contribution < -0.4 is 24.4 Å². The summed E-state index contributed by atoms with van der Waals surface area (Å²) in [4.78, 5) is 42.8. The number of aromatic nitrogens is 1. The third kappa shape index (κ3) is 4.78. The normalized spacial score (nSPS) is 15.3. The lowest BCUT2D eigenvalue weighted by molar-refractivity contribution is -0.136. The van der Waals surface area contributed by atoms with Crippen molar-refractivity contribution in [3.05, 3.63) is 89.6 Å². The van der Waals surface area contributed by atoms with Gasteiger partial charge in [0.15, 0.2) is 16.3 Å². The van der Waals surface area contributed by atoms with E-state index in [0.29, 0.717) is 25.6 Å². The van der Waals surface area contributed by atoms with Crippen LogP contribution in [-0.2, 0) is 14.3 Å². The lowest BCUT2D eigenvalue weighted by Crippen LogP contribution is -2.39. The molecule has 0 amide bonds. The van der Waals surface area contributed by atoms with Crippen molar-refractivity contribution >= 4 is 41.0 Å². The molecule has 4 rings (SSSR count). The van der Waals surface area contributed by atoms with Crippen LogP contribution in [0.2, 0.25) is 5.02 Å². The van der Waals surface area contributed by atoms with Crippen LogP contribution in [0.15, 0.2) is 63.5 Å². The Kier molecular flexibility index (Phi) is 6.90. The molecule has 1 aliphatic rings. The fourth-order valence-electron chi connectivity index (χ4n) is 3.85. The second kappa shape index (κ2) is 9.89. The van der Waals surface area contributed by atoms with Gasteiger partial charge in [-0.25, -0.2) is 9.79 Å². The summed E-state index contributed by atoms with van der Waals surface area (Å²) in [7, 11) is 2.71. The Morgan fingerprint density at radius 2 is 1.91 bits per heavy atom. The Balaban J connectivity index is 1.96. The molecule has 1 unspecified atom stereocenters. The van der Waals surface area contributed by atoms with E-state index in [1.54, 1.807) is 49.4 Å². The molecule has 1 aromatic heterocycles. The summed E-state index contributed by atoms with van der Waals surface area (Å²) in [6.07, 6.45) is 1.73. The minimum absolute atomic E-state index is 0.219. The number of carbonyl (C=O) groups is 2. The lowest BCUT2D eigenvalue weighted by atomic mass is 9.95. The summed E-state index contributed by atoms with van der Waals surface area (Å²) in [5.41, 5.74) is 1.64. The van der Waals surface area contributed by atoms with Crippen LogP contribution in [0.4, 0.5) is 0 Å². The van der Waals surface area contributed by atoms with E-state index in [-0.39, 0.29) is 22.6 Å². The van der Waals surface area contributed by atoms with Crippen molar-refractivity contribution in [2.75, 3.05) is 14.2 Å². The van der Waals surface area contributed by atoms with Crippen LogP contribution >= 0.6 is 22.9 Å². The number of ether oxygens (including phenoxy) is 3. The maximum atomic E-state index is 13.6. The number of halogens is 1. The van der Waals surface area contributed by atoms with Crippen molar-refractivity contribution in [2.45, 2.75) is 19.9 Å². The molecular formula is C25H21ClN2O6S. The fraction of sp³-hybridized carbons (Fsp3) is 0.200. The SMILES string of the molecule is COC(=O)C1=C(C)N=c2s/c(=C\c3cccc(Cl)c3)c(=O)n2C1c1ccc(OC(C)=O)c(OC)c1. The smallest absolute Gasteiger partial charge is 0.338 e. The van der Waals surface area contributed by atoms with Gasteiger partial charge in [-0.2, -0.15) is 0 Å². The number of methoxy groups -OCH3 is 2. The monoisotopic (exact) mass is 512 g/mol. The molecule has 180 valence electrons. The number of hydrogen-bond donors (Lipinski definition) is 0. The van der Waals surface area contributed by atoms with Crippen LogP contribution in [0.25, 0.3) is 6.08 Å². The first-order chi connectivity index (χ1) is 16.7. The number of hydrogen-bond acceptors (Lipinski definition) is 8. The highest BCUT2D eigenvalue weighted by Gasteiger charge is 2.33. The first kappa shape index (κ1) is 24.4. The van der Waals surface area contributed by atoms with Gasteiger partial charge in [0.05, 0.1) is 36.1 Å². The quantitative estimate of drug-likeness (QED) is 0.385. The van der Waals surface area contributed by atoms with Gasteiger partial charge in [0.25, 0.3) is 5.56 Å². The Morgan fingerprint density at radius 3 is 2.57 bits per heavy atom. The van der Waals surface area contributed by atoms with Gasteiger partial charge in [-0.15, -0.1) is 0 Å². The molecule has 8 nitrogen and oxygen atoms in total. The summed E-state index contributed by atoms with van der Waals surface area (Å²) in [5.74, 6) is -0.616. The van der Waals surface area contributed by atoms with Crippen molar-refractivity contribution < 1.29 is 23.8 Å². The van der Waals surface area contributed by atoms with Gasteiger partial charge in [-0.3, -0.25) is 14.2 Å². The number of nitrogens with zero attached hydrogens (tertiary/aromatic N) is 2. The van der Waals surface area contributed by atoms with E-state index in [1.807, 2.05) is 6.07 Å². The molecule has 0 radical (unpaired) electrons. The predicted molar refractivity (Wildman–Crippen MR) is 132 cm³/mol. The van der Waals surface area contributed by atoms with Crippen molar-refractivity contribution in [3.8, 4) is 11.5 Å². The van der Waals surface area contributed by atoms with Crippen LogP contribution in [0.5, 0.6) is 11.5 Å². The van der Waals surface area contributed by atoms with Crippen LogP contribution in [0, 0.1) is 0 Å². The molecule has 0 spiro atoms. The largest absolute Gasteiger partial charge is 0.493 e. The molecule has 0 aliphatic carbocycles. The number of carbonyl (C=O) groups excluding carboxylic acids is 2. The summed E-state index contributed by atoms with van der Waals surface area (Å²) < 4.78 is 17.5. The van der Waals surface area contributed by atoms with Crippen LogP contribution in [-0.4, -0.2) is 30.7 Å². The first-order valence-electron chi connectivity index (χ1n) is 10.5. The molecule has 0 fully saturated rings. The minimum Gasteiger partial charge on any atom is -0.493 e. The van der Waals surface area contributed by atoms with Gasteiger partial charge in [0.2, 0.25) is 0 Å². The zero-order valence-electron chi connectivity index (χ0n) is 19.3. The first-order valence-corrected chi connectivity index (χ1v) is 11.7. The fourth-order valence-corrected chi connectivity index (χ4v) is 5.09.